The molecule has 0 amide bonds. The second kappa shape index (κ2) is 4.53. The van der Waals surface area contributed by atoms with Crippen LogP contribution in [0.4, 0.5) is 5.69 Å². The molecule has 1 heterocycles. The van der Waals surface area contributed by atoms with E-state index in [4.69, 9.17) is 5.73 Å². The topological polar surface area (TPSA) is 56.0 Å². The van der Waals surface area contributed by atoms with Crippen molar-refractivity contribution in [1.29, 1.82) is 0 Å². The molecule has 0 aliphatic rings. The highest BCUT2D eigenvalue weighted by molar-refractivity contribution is 5.99. The molecule has 0 fully saturated rings. The average Bonchev–Trinajstić information content (AvgIpc) is 2.48. The van der Waals surface area contributed by atoms with Crippen molar-refractivity contribution in [3.63, 3.8) is 0 Å². The molecule has 0 radical (unpaired) electrons. The molecule has 2 N–H and O–H groups in total. The van der Waals surface area contributed by atoms with E-state index in [-0.39, 0.29) is 0 Å². The van der Waals surface area contributed by atoms with Gasteiger partial charge >= 0.3 is 0 Å². The summed E-state index contributed by atoms with van der Waals surface area (Å²) in [5.41, 5.74) is 9.45. The van der Waals surface area contributed by atoms with Crippen molar-refractivity contribution in [2.75, 3.05) is 5.73 Å². The molecule has 3 nitrogen and oxygen atoms in total. The van der Waals surface area contributed by atoms with Gasteiger partial charge in [-0.05, 0) is 12.1 Å². The number of fused-ring (bicyclic) bond motifs is 1. The van der Waals surface area contributed by atoms with Crippen LogP contribution in [0.1, 0.15) is 10.4 Å². The fraction of sp³-hybridized carbons (Fsp3) is 0. The van der Waals surface area contributed by atoms with Gasteiger partial charge < -0.3 is 5.73 Å². The van der Waals surface area contributed by atoms with Gasteiger partial charge in [0.05, 0.1) is 16.9 Å². The molecule has 0 unspecified atom stereocenters. The third kappa shape index (κ3) is 1.95. The van der Waals surface area contributed by atoms with Gasteiger partial charge in [0.1, 0.15) is 0 Å². The summed E-state index contributed by atoms with van der Waals surface area (Å²) < 4.78 is 0. The minimum Gasteiger partial charge on any atom is -0.396 e. The maximum absolute atomic E-state index is 10.9. The highest BCUT2D eigenvalue weighted by atomic mass is 16.1. The van der Waals surface area contributed by atoms with Crippen molar-refractivity contribution in [2.24, 2.45) is 0 Å². The molecule has 3 heteroatoms. The second-order valence-corrected chi connectivity index (χ2v) is 4.32. The Kier molecular flexibility index (Phi) is 2.72. The summed E-state index contributed by atoms with van der Waals surface area (Å²) in [6, 6.07) is 17.4. The molecular weight excluding hydrogens is 236 g/mol. The van der Waals surface area contributed by atoms with Gasteiger partial charge in [-0.2, -0.15) is 0 Å². The lowest BCUT2D eigenvalue weighted by Gasteiger charge is -2.06. The molecule has 2 aromatic carbocycles. The lowest BCUT2D eigenvalue weighted by atomic mass is 10.1. The lowest BCUT2D eigenvalue weighted by Crippen LogP contribution is -1.96. The van der Waals surface area contributed by atoms with E-state index in [0.29, 0.717) is 16.8 Å². The Bertz CT molecular complexity index is 751. The van der Waals surface area contributed by atoms with E-state index in [1.165, 1.54) is 0 Å². The zero-order valence-corrected chi connectivity index (χ0v) is 10.2. The van der Waals surface area contributed by atoms with Crippen LogP contribution in [0, 0.1) is 0 Å². The Morgan fingerprint density at radius 2 is 1.68 bits per heavy atom. The summed E-state index contributed by atoms with van der Waals surface area (Å²) in [7, 11) is 0. The van der Waals surface area contributed by atoms with E-state index < -0.39 is 0 Å². The van der Waals surface area contributed by atoms with E-state index in [2.05, 4.69) is 4.98 Å². The molecule has 0 bridgehead atoms. The quantitative estimate of drug-likeness (QED) is 0.559. The predicted molar refractivity (Wildman–Crippen MR) is 77.0 cm³/mol. The number of carbonyl (C=O) groups excluding carboxylic acids is 1. The lowest BCUT2D eigenvalue weighted by molar-refractivity contribution is 0.112. The van der Waals surface area contributed by atoms with E-state index in [0.717, 1.165) is 22.9 Å². The number of nitrogens with two attached hydrogens (primary N) is 1. The molecule has 3 aromatic rings. The van der Waals surface area contributed by atoms with Gasteiger partial charge in [-0.3, -0.25) is 4.79 Å². The number of pyridine rings is 1. The number of nitrogen functional groups attached to an aromatic ring is 1. The van der Waals surface area contributed by atoms with Crippen molar-refractivity contribution in [1.82, 2.24) is 4.98 Å². The summed E-state index contributed by atoms with van der Waals surface area (Å²) in [5, 5.41) is 0.933. The highest BCUT2D eigenvalue weighted by Gasteiger charge is 2.07. The number of hydrogen-bond donors (Lipinski definition) is 1. The molecule has 0 atom stereocenters. The molecule has 92 valence electrons. The smallest absolute Gasteiger partial charge is 0.152 e. The number of benzene rings is 2. The van der Waals surface area contributed by atoms with Crippen LogP contribution in [0.5, 0.6) is 0 Å². The highest BCUT2D eigenvalue weighted by Crippen LogP contribution is 2.26. The summed E-state index contributed by atoms with van der Waals surface area (Å²) in [5.74, 6) is 0. The number of aromatic nitrogens is 1. The summed E-state index contributed by atoms with van der Waals surface area (Å²) in [4.78, 5) is 15.5. The number of anilines is 1. The fourth-order valence-electron chi connectivity index (χ4n) is 2.10. The molecule has 1 aromatic heterocycles. The molecular formula is C16H12N2O. The number of aldehydes is 1. The van der Waals surface area contributed by atoms with Crippen LogP contribution >= 0.6 is 0 Å². The van der Waals surface area contributed by atoms with Gasteiger partial charge in [0.2, 0.25) is 0 Å². The number of nitrogens with zero attached hydrogens (tertiary/aromatic N) is 1. The Hall–Kier alpha value is -2.68. The molecule has 0 spiro atoms. The maximum atomic E-state index is 10.9. The molecule has 0 saturated carbocycles. The SMILES string of the molecule is Nc1c(C=O)ccc2ccc(-c3ccccc3)nc12. The van der Waals surface area contributed by atoms with Crippen molar-refractivity contribution >= 4 is 22.9 Å². The van der Waals surface area contributed by atoms with Crippen molar-refractivity contribution < 1.29 is 4.79 Å². The maximum Gasteiger partial charge on any atom is 0.152 e. The van der Waals surface area contributed by atoms with E-state index in [1.807, 2.05) is 48.5 Å². The number of carbonyl (C=O) groups is 1. The van der Waals surface area contributed by atoms with Gasteiger partial charge in [-0.1, -0.05) is 42.5 Å². The average molecular weight is 248 g/mol. The third-order valence-electron chi connectivity index (χ3n) is 3.13. The van der Waals surface area contributed by atoms with Crippen LogP contribution in [0.2, 0.25) is 0 Å². The van der Waals surface area contributed by atoms with Crippen LogP contribution in [0.25, 0.3) is 22.2 Å². The number of rotatable bonds is 2. The van der Waals surface area contributed by atoms with Gasteiger partial charge in [-0.15, -0.1) is 0 Å². The summed E-state index contributed by atoms with van der Waals surface area (Å²) >= 11 is 0. The first-order chi connectivity index (χ1) is 9.29. The minimum atomic E-state index is 0.435. The summed E-state index contributed by atoms with van der Waals surface area (Å²) in [6.07, 6.45) is 0.756. The molecule has 19 heavy (non-hydrogen) atoms. The Morgan fingerprint density at radius 3 is 2.42 bits per heavy atom. The van der Waals surface area contributed by atoms with Crippen LogP contribution in [-0.4, -0.2) is 11.3 Å². The molecule has 3 rings (SSSR count). The Balaban J connectivity index is 2.25. The normalized spacial score (nSPS) is 10.5. The van der Waals surface area contributed by atoms with Crippen LogP contribution < -0.4 is 5.73 Å². The van der Waals surface area contributed by atoms with Crippen molar-refractivity contribution in [3.05, 3.63) is 60.2 Å². The van der Waals surface area contributed by atoms with Gasteiger partial charge in [0, 0.05) is 16.5 Å². The van der Waals surface area contributed by atoms with E-state index >= 15 is 0 Å². The predicted octanol–water partition coefficient (Wildman–Crippen LogP) is 3.30. The van der Waals surface area contributed by atoms with Gasteiger partial charge in [-0.25, -0.2) is 4.98 Å². The first kappa shape index (κ1) is 11.4. The largest absolute Gasteiger partial charge is 0.396 e. The van der Waals surface area contributed by atoms with Crippen molar-refractivity contribution in [2.45, 2.75) is 0 Å². The minimum absolute atomic E-state index is 0.435. The fourth-order valence-corrected chi connectivity index (χ4v) is 2.10. The first-order valence-electron chi connectivity index (χ1n) is 5.99. The van der Waals surface area contributed by atoms with Crippen LogP contribution in [0.15, 0.2) is 54.6 Å². The van der Waals surface area contributed by atoms with Crippen LogP contribution in [0.3, 0.4) is 0 Å². The molecule has 0 aliphatic heterocycles. The zero-order chi connectivity index (χ0) is 13.2. The number of hydrogen-bond acceptors (Lipinski definition) is 3. The Morgan fingerprint density at radius 1 is 0.947 bits per heavy atom. The molecule has 0 aliphatic carbocycles. The summed E-state index contributed by atoms with van der Waals surface area (Å²) in [6.45, 7) is 0. The van der Waals surface area contributed by atoms with Crippen LogP contribution in [-0.2, 0) is 0 Å². The van der Waals surface area contributed by atoms with E-state index in [9.17, 15) is 4.79 Å². The van der Waals surface area contributed by atoms with Crippen molar-refractivity contribution in [3.8, 4) is 11.3 Å². The standard InChI is InChI=1S/C16H12N2O/c17-15-13(10-19)7-6-12-8-9-14(18-16(12)15)11-4-2-1-3-5-11/h1-10H,17H2. The third-order valence-corrected chi connectivity index (χ3v) is 3.13. The van der Waals surface area contributed by atoms with Gasteiger partial charge in [0.25, 0.3) is 0 Å². The van der Waals surface area contributed by atoms with E-state index in [1.54, 1.807) is 6.07 Å². The second-order valence-electron chi connectivity index (χ2n) is 4.32. The Labute approximate surface area is 110 Å². The monoisotopic (exact) mass is 248 g/mol. The van der Waals surface area contributed by atoms with Gasteiger partial charge in [0.15, 0.2) is 6.29 Å². The zero-order valence-electron chi connectivity index (χ0n) is 10.2. The molecule has 0 saturated heterocycles. The first-order valence-corrected chi connectivity index (χ1v) is 5.99.